The molecule has 0 saturated carbocycles. The Labute approximate surface area is 174 Å². The molecule has 2 N–H and O–H groups in total. The predicted octanol–water partition coefficient (Wildman–Crippen LogP) is 4.33. The van der Waals surface area contributed by atoms with Crippen LogP contribution < -0.4 is 0 Å². The quantitative estimate of drug-likeness (QED) is 0.450. The van der Waals surface area contributed by atoms with Gasteiger partial charge in [0.1, 0.15) is 11.3 Å². The standard InChI is InChI=1S/C21H16N8S/c1-11-23-10-15(29(11)2)13-5-6-14-18(24-13)19(28-27-14)21-25-17-12(16-4-3-9-30-16)7-8-22-20(17)26-21/h3-10H,1-2H3,(H,27,28)(H,22,25,26). The van der Waals surface area contributed by atoms with Crippen LogP contribution in [-0.4, -0.2) is 39.7 Å². The number of pyridine rings is 2. The van der Waals surface area contributed by atoms with Crippen molar-refractivity contribution in [3.05, 3.63) is 53.9 Å². The van der Waals surface area contributed by atoms with Crippen molar-refractivity contribution in [2.75, 3.05) is 0 Å². The number of aromatic nitrogens is 8. The zero-order valence-corrected chi connectivity index (χ0v) is 17.0. The number of aryl methyl sites for hydroxylation is 1. The summed E-state index contributed by atoms with van der Waals surface area (Å²) in [5, 5.41) is 9.61. The Morgan fingerprint density at radius 3 is 2.80 bits per heavy atom. The molecule has 0 bridgehead atoms. The molecule has 0 aromatic carbocycles. The fourth-order valence-corrected chi connectivity index (χ4v) is 4.37. The Hall–Kier alpha value is -3.85. The van der Waals surface area contributed by atoms with Gasteiger partial charge in [-0.3, -0.25) is 5.10 Å². The second kappa shape index (κ2) is 6.33. The zero-order valence-electron chi connectivity index (χ0n) is 16.2. The lowest BCUT2D eigenvalue weighted by atomic mass is 10.2. The highest BCUT2D eigenvalue weighted by Crippen LogP contribution is 2.32. The lowest BCUT2D eigenvalue weighted by Crippen LogP contribution is -1.96. The maximum Gasteiger partial charge on any atom is 0.178 e. The van der Waals surface area contributed by atoms with E-state index in [2.05, 4.69) is 36.6 Å². The van der Waals surface area contributed by atoms with Crippen molar-refractivity contribution < 1.29 is 0 Å². The molecule has 6 aromatic rings. The van der Waals surface area contributed by atoms with E-state index in [4.69, 9.17) is 9.97 Å². The Bertz CT molecular complexity index is 1520. The third-order valence-electron chi connectivity index (χ3n) is 5.29. The molecule has 0 aliphatic heterocycles. The molecule has 0 aliphatic rings. The molecule has 0 unspecified atom stereocenters. The molecule has 0 spiro atoms. The minimum absolute atomic E-state index is 0.638. The number of H-pyrrole nitrogens is 2. The largest absolute Gasteiger partial charge is 0.335 e. The first kappa shape index (κ1) is 17.0. The van der Waals surface area contributed by atoms with Crippen LogP contribution in [0, 0.1) is 6.92 Å². The summed E-state index contributed by atoms with van der Waals surface area (Å²) < 4.78 is 2.02. The van der Waals surface area contributed by atoms with Crippen LogP contribution in [0.1, 0.15) is 5.82 Å². The summed E-state index contributed by atoms with van der Waals surface area (Å²) in [5.41, 5.74) is 6.68. The molecule has 6 heterocycles. The summed E-state index contributed by atoms with van der Waals surface area (Å²) in [6.45, 7) is 1.97. The van der Waals surface area contributed by atoms with Gasteiger partial charge in [-0.05, 0) is 36.6 Å². The van der Waals surface area contributed by atoms with Gasteiger partial charge in [0, 0.05) is 23.7 Å². The maximum absolute atomic E-state index is 4.87. The van der Waals surface area contributed by atoms with Gasteiger partial charge in [-0.25, -0.2) is 19.9 Å². The summed E-state index contributed by atoms with van der Waals surface area (Å²) in [7, 11) is 1.98. The van der Waals surface area contributed by atoms with Crippen molar-refractivity contribution in [3.8, 4) is 33.3 Å². The van der Waals surface area contributed by atoms with E-state index in [0.717, 1.165) is 44.2 Å². The van der Waals surface area contributed by atoms with Gasteiger partial charge in [0.15, 0.2) is 17.2 Å². The van der Waals surface area contributed by atoms with Crippen molar-refractivity contribution in [1.29, 1.82) is 0 Å². The van der Waals surface area contributed by atoms with E-state index >= 15 is 0 Å². The number of nitrogens with one attached hydrogen (secondary N) is 2. The van der Waals surface area contributed by atoms with Crippen LogP contribution in [0.2, 0.25) is 0 Å². The molecule has 0 saturated heterocycles. The molecule has 6 aromatic heterocycles. The average Bonchev–Trinajstić information content (AvgIpc) is 3.54. The number of thiophene rings is 1. The Morgan fingerprint density at radius 2 is 2.00 bits per heavy atom. The van der Waals surface area contributed by atoms with Gasteiger partial charge in [-0.2, -0.15) is 5.10 Å². The number of nitrogens with zero attached hydrogens (tertiary/aromatic N) is 6. The molecule has 0 amide bonds. The first-order valence-electron chi connectivity index (χ1n) is 9.42. The van der Waals surface area contributed by atoms with Crippen LogP contribution in [-0.2, 0) is 7.05 Å². The van der Waals surface area contributed by atoms with Gasteiger partial charge in [-0.1, -0.05) is 6.07 Å². The lowest BCUT2D eigenvalue weighted by molar-refractivity contribution is 0.862. The first-order valence-corrected chi connectivity index (χ1v) is 10.3. The SMILES string of the molecule is Cc1ncc(-c2ccc3[nH]nc(-c4nc5nccc(-c6cccs6)c5[nH]4)c3n2)n1C. The fourth-order valence-electron chi connectivity index (χ4n) is 3.61. The third-order valence-corrected chi connectivity index (χ3v) is 6.20. The van der Waals surface area contributed by atoms with Crippen LogP contribution in [0.3, 0.4) is 0 Å². The Morgan fingerprint density at radius 1 is 1.07 bits per heavy atom. The molecule has 0 atom stereocenters. The summed E-state index contributed by atoms with van der Waals surface area (Å²) in [6, 6.07) is 10.1. The van der Waals surface area contributed by atoms with Gasteiger partial charge >= 0.3 is 0 Å². The van der Waals surface area contributed by atoms with Crippen LogP contribution in [0.5, 0.6) is 0 Å². The summed E-state index contributed by atoms with van der Waals surface area (Å²) in [6.07, 6.45) is 3.62. The first-order chi connectivity index (χ1) is 14.7. The van der Waals surface area contributed by atoms with Crippen LogP contribution >= 0.6 is 11.3 Å². The number of aromatic amines is 2. The fraction of sp³-hybridized carbons (Fsp3) is 0.0952. The maximum atomic E-state index is 4.87. The van der Waals surface area contributed by atoms with Crippen LogP contribution in [0.25, 0.3) is 55.5 Å². The summed E-state index contributed by atoms with van der Waals surface area (Å²) >= 11 is 1.69. The van der Waals surface area contributed by atoms with E-state index in [1.165, 1.54) is 0 Å². The highest BCUT2D eigenvalue weighted by Gasteiger charge is 2.18. The molecule has 0 fully saturated rings. The van der Waals surface area contributed by atoms with E-state index in [1.807, 2.05) is 49.0 Å². The van der Waals surface area contributed by atoms with Crippen molar-refractivity contribution in [3.63, 3.8) is 0 Å². The lowest BCUT2D eigenvalue weighted by Gasteiger charge is -2.03. The highest BCUT2D eigenvalue weighted by atomic mass is 32.1. The molecular formula is C21H16N8S. The van der Waals surface area contributed by atoms with E-state index in [1.54, 1.807) is 17.5 Å². The topological polar surface area (TPSA) is 101 Å². The van der Waals surface area contributed by atoms with E-state index in [9.17, 15) is 0 Å². The minimum Gasteiger partial charge on any atom is -0.335 e. The van der Waals surface area contributed by atoms with Crippen LogP contribution in [0.15, 0.2) is 48.1 Å². The minimum atomic E-state index is 0.638. The van der Waals surface area contributed by atoms with Gasteiger partial charge in [-0.15, -0.1) is 11.3 Å². The highest BCUT2D eigenvalue weighted by molar-refractivity contribution is 7.13. The van der Waals surface area contributed by atoms with E-state index in [0.29, 0.717) is 17.2 Å². The predicted molar refractivity (Wildman–Crippen MR) is 117 cm³/mol. The smallest absolute Gasteiger partial charge is 0.178 e. The van der Waals surface area contributed by atoms with Gasteiger partial charge in [0.05, 0.1) is 28.6 Å². The molecule has 30 heavy (non-hydrogen) atoms. The third kappa shape index (κ3) is 2.49. The van der Waals surface area contributed by atoms with Gasteiger partial charge in [0.25, 0.3) is 0 Å². The van der Waals surface area contributed by atoms with Crippen molar-refractivity contribution in [2.24, 2.45) is 7.05 Å². The second-order valence-corrected chi connectivity index (χ2v) is 7.98. The van der Waals surface area contributed by atoms with Crippen LogP contribution in [0.4, 0.5) is 0 Å². The Balaban J connectivity index is 1.53. The molecule has 0 aliphatic carbocycles. The molecular weight excluding hydrogens is 396 g/mol. The normalized spacial score (nSPS) is 11.7. The Kier molecular flexibility index (Phi) is 3.59. The van der Waals surface area contributed by atoms with E-state index in [-0.39, 0.29) is 0 Å². The average molecular weight is 412 g/mol. The summed E-state index contributed by atoms with van der Waals surface area (Å²) in [4.78, 5) is 23.0. The van der Waals surface area contributed by atoms with Crippen molar-refractivity contribution >= 4 is 33.5 Å². The monoisotopic (exact) mass is 412 g/mol. The number of rotatable bonds is 3. The molecule has 8 nitrogen and oxygen atoms in total. The van der Waals surface area contributed by atoms with Crippen molar-refractivity contribution in [1.82, 2.24) is 39.7 Å². The number of imidazole rings is 2. The molecule has 9 heteroatoms. The second-order valence-electron chi connectivity index (χ2n) is 7.03. The number of hydrogen-bond donors (Lipinski definition) is 2. The number of fused-ring (bicyclic) bond motifs is 2. The van der Waals surface area contributed by atoms with Gasteiger partial charge in [0.2, 0.25) is 0 Å². The van der Waals surface area contributed by atoms with E-state index < -0.39 is 0 Å². The summed E-state index contributed by atoms with van der Waals surface area (Å²) in [5.74, 6) is 1.57. The molecule has 6 rings (SSSR count). The van der Waals surface area contributed by atoms with Crippen molar-refractivity contribution in [2.45, 2.75) is 6.92 Å². The molecule has 146 valence electrons. The number of hydrogen-bond acceptors (Lipinski definition) is 6. The zero-order chi connectivity index (χ0) is 20.2. The molecule has 0 radical (unpaired) electrons. The van der Waals surface area contributed by atoms with Gasteiger partial charge < -0.3 is 9.55 Å².